The van der Waals surface area contributed by atoms with Crippen molar-refractivity contribution in [3.05, 3.63) is 39.9 Å². The molecular weight excluding hydrogens is 344 g/mol. The van der Waals surface area contributed by atoms with Crippen molar-refractivity contribution in [1.82, 2.24) is 10.6 Å². The Bertz CT molecular complexity index is 676. The van der Waals surface area contributed by atoms with Crippen LogP contribution in [0.5, 0.6) is 0 Å². The van der Waals surface area contributed by atoms with Crippen LogP contribution < -0.4 is 16.4 Å². The minimum absolute atomic E-state index is 0.164. The van der Waals surface area contributed by atoms with Crippen LogP contribution in [0.25, 0.3) is 0 Å². The third-order valence-electron chi connectivity index (χ3n) is 3.21. The molecule has 1 aromatic carbocycles. The molecule has 4 N–H and O–H groups in total. The molecule has 0 aliphatic rings. The van der Waals surface area contributed by atoms with Gasteiger partial charge in [-0.3, -0.25) is 24.5 Å². The van der Waals surface area contributed by atoms with Crippen LogP contribution in [0, 0.1) is 10.1 Å². The maximum Gasteiger partial charge on any atom is 0.308 e. The highest BCUT2D eigenvalue weighted by atomic mass is 16.6. The quantitative estimate of drug-likeness (QED) is 0.320. The number of ether oxygens (including phenoxy) is 1. The zero-order valence-corrected chi connectivity index (χ0v) is 14.6. The lowest BCUT2D eigenvalue weighted by atomic mass is 10.0. The van der Waals surface area contributed by atoms with E-state index in [-0.39, 0.29) is 36.9 Å². The molecule has 0 fully saturated rings. The Hall–Kier alpha value is -3.01. The predicted octanol–water partition coefficient (Wildman–Crippen LogP) is 0.169. The molecule has 1 rings (SSSR count). The summed E-state index contributed by atoms with van der Waals surface area (Å²) in [6, 6.07) is 4.79. The number of esters is 1. The molecular formula is C16H22N4O6. The number of carbonyl (C=O) groups is 3. The van der Waals surface area contributed by atoms with E-state index in [1.807, 2.05) is 0 Å². The summed E-state index contributed by atoms with van der Waals surface area (Å²) < 4.78 is 5.05. The largest absolute Gasteiger partial charge is 0.463 e. The maximum atomic E-state index is 12.0. The minimum atomic E-state index is -0.981. The molecule has 0 saturated carbocycles. The summed E-state index contributed by atoms with van der Waals surface area (Å²) in [4.78, 5) is 45.8. The van der Waals surface area contributed by atoms with Crippen LogP contribution in [0.3, 0.4) is 0 Å². The lowest BCUT2D eigenvalue weighted by Gasteiger charge is -2.19. The molecule has 0 bridgehead atoms. The first kappa shape index (κ1) is 21.0. The molecule has 26 heavy (non-hydrogen) atoms. The van der Waals surface area contributed by atoms with Gasteiger partial charge in [0.05, 0.1) is 42.1 Å². The van der Waals surface area contributed by atoms with Gasteiger partial charge >= 0.3 is 5.97 Å². The summed E-state index contributed by atoms with van der Waals surface area (Å²) in [6.45, 7) is 2.69. The van der Waals surface area contributed by atoms with E-state index in [9.17, 15) is 24.5 Å². The first-order valence-electron chi connectivity index (χ1n) is 7.93. The molecule has 0 aliphatic carbocycles. The second kappa shape index (κ2) is 10.1. The normalized spacial score (nSPS) is 11.5. The van der Waals surface area contributed by atoms with Crippen molar-refractivity contribution in [2.45, 2.75) is 32.4 Å². The molecule has 0 spiro atoms. The Morgan fingerprint density at radius 2 is 1.88 bits per heavy atom. The van der Waals surface area contributed by atoms with Crippen LogP contribution in [0.4, 0.5) is 5.69 Å². The van der Waals surface area contributed by atoms with Gasteiger partial charge in [-0.05, 0) is 13.8 Å². The Balaban J connectivity index is 2.99. The van der Waals surface area contributed by atoms with E-state index < -0.39 is 28.7 Å². The number of carbonyl (C=O) groups excluding carboxylic acids is 3. The zero-order chi connectivity index (χ0) is 19.7. The van der Waals surface area contributed by atoms with E-state index in [2.05, 4.69) is 10.6 Å². The van der Waals surface area contributed by atoms with E-state index in [0.29, 0.717) is 0 Å². The average Bonchev–Trinajstić information content (AvgIpc) is 2.58. The maximum absolute atomic E-state index is 12.0. The Morgan fingerprint density at radius 3 is 2.46 bits per heavy atom. The van der Waals surface area contributed by atoms with Crippen LogP contribution in [0.2, 0.25) is 0 Å². The Morgan fingerprint density at radius 1 is 1.23 bits per heavy atom. The van der Waals surface area contributed by atoms with Crippen molar-refractivity contribution in [2.24, 2.45) is 5.73 Å². The lowest BCUT2D eigenvalue weighted by Crippen LogP contribution is -2.41. The second-order valence-corrected chi connectivity index (χ2v) is 5.66. The number of rotatable bonds is 9. The minimum Gasteiger partial charge on any atom is -0.463 e. The summed E-state index contributed by atoms with van der Waals surface area (Å²) in [5.41, 5.74) is 5.06. The highest BCUT2D eigenvalue weighted by Gasteiger charge is 2.26. The number of amides is 2. The van der Waals surface area contributed by atoms with E-state index in [4.69, 9.17) is 10.5 Å². The summed E-state index contributed by atoms with van der Waals surface area (Å²) in [5, 5.41) is 16.0. The number of nitro benzene ring substituents is 1. The van der Waals surface area contributed by atoms with Crippen molar-refractivity contribution in [2.75, 3.05) is 13.1 Å². The first-order valence-corrected chi connectivity index (χ1v) is 7.93. The van der Waals surface area contributed by atoms with Crippen LogP contribution in [0.15, 0.2) is 24.3 Å². The molecule has 0 aliphatic heterocycles. The standard InChI is InChI=1S/C16H22N4O6/c1-10(2)26-16(23)7-12(19-15(22)9-18-14(21)8-17)11-5-3-4-6-13(11)20(24)25/h3-6,10,12H,7-9,17H2,1-2H3,(H,18,21)(H,19,22). The summed E-state index contributed by atoms with van der Waals surface area (Å²) in [6.07, 6.45) is -0.659. The van der Waals surface area contributed by atoms with Gasteiger partial charge in [-0.15, -0.1) is 0 Å². The van der Waals surface area contributed by atoms with Gasteiger partial charge in [0, 0.05) is 6.07 Å². The molecule has 142 valence electrons. The van der Waals surface area contributed by atoms with Gasteiger partial charge in [0.15, 0.2) is 0 Å². The van der Waals surface area contributed by atoms with Crippen molar-refractivity contribution in [1.29, 1.82) is 0 Å². The number of benzene rings is 1. The fraction of sp³-hybridized carbons (Fsp3) is 0.438. The third kappa shape index (κ3) is 6.85. The van der Waals surface area contributed by atoms with Gasteiger partial charge in [0.25, 0.3) is 5.69 Å². The molecule has 0 saturated heterocycles. The number of hydrogen-bond donors (Lipinski definition) is 3. The molecule has 10 heteroatoms. The number of para-hydroxylation sites is 1. The number of nitrogens with two attached hydrogens (primary N) is 1. The highest BCUT2D eigenvalue weighted by Crippen LogP contribution is 2.27. The fourth-order valence-electron chi connectivity index (χ4n) is 2.16. The number of nitrogens with one attached hydrogen (secondary N) is 2. The van der Waals surface area contributed by atoms with Gasteiger partial charge in [0.1, 0.15) is 0 Å². The van der Waals surface area contributed by atoms with E-state index in [1.165, 1.54) is 18.2 Å². The van der Waals surface area contributed by atoms with Gasteiger partial charge in [0.2, 0.25) is 11.8 Å². The van der Waals surface area contributed by atoms with E-state index >= 15 is 0 Å². The average molecular weight is 366 g/mol. The fourth-order valence-corrected chi connectivity index (χ4v) is 2.16. The van der Waals surface area contributed by atoms with Crippen molar-refractivity contribution in [3.63, 3.8) is 0 Å². The van der Waals surface area contributed by atoms with Crippen molar-refractivity contribution < 1.29 is 24.0 Å². The summed E-state index contributed by atoms with van der Waals surface area (Å²) in [7, 11) is 0. The molecule has 1 unspecified atom stereocenters. The number of nitro groups is 1. The SMILES string of the molecule is CC(C)OC(=O)CC(NC(=O)CNC(=O)CN)c1ccccc1[N+](=O)[O-]. The van der Waals surface area contributed by atoms with Gasteiger partial charge in [-0.25, -0.2) is 0 Å². The zero-order valence-electron chi connectivity index (χ0n) is 14.6. The molecule has 1 atom stereocenters. The second-order valence-electron chi connectivity index (χ2n) is 5.66. The molecule has 2 amide bonds. The third-order valence-corrected chi connectivity index (χ3v) is 3.21. The van der Waals surface area contributed by atoms with Gasteiger partial charge in [-0.1, -0.05) is 18.2 Å². The number of hydrogen-bond acceptors (Lipinski definition) is 7. The first-order chi connectivity index (χ1) is 12.2. The molecule has 0 radical (unpaired) electrons. The lowest BCUT2D eigenvalue weighted by molar-refractivity contribution is -0.385. The molecule has 0 heterocycles. The Kier molecular flexibility index (Phi) is 8.16. The topological polar surface area (TPSA) is 154 Å². The summed E-state index contributed by atoms with van der Waals surface area (Å²) in [5.74, 6) is -1.76. The van der Waals surface area contributed by atoms with Crippen molar-refractivity contribution in [3.8, 4) is 0 Å². The molecule has 1 aromatic rings. The van der Waals surface area contributed by atoms with E-state index in [1.54, 1.807) is 19.9 Å². The highest BCUT2D eigenvalue weighted by molar-refractivity contribution is 5.86. The van der Waals surface area contributed by atoms with Gasteiger partial charge in [-0.2, -0.15) is 0 Å². The van der Waals surface area contributed by atoms with Gasteiger partial charge < -0.3 is 21.1 Å². The summed E-state index contributed by atoms with van der Waals surface area (Å²) >= 11 is 0. The van der Waals surface area contributed by atoms with Crippen LogP contribution in [0.1, 0.15) is 31.9 Å². The molecule has 10 nitrogen and oxygen atoms in total. The Labute approximate surface area is 150 Å². The van der Waals surface area contributed by atoms with E-state index in [0.717, 1.165) is 0 Å². The number of nitrogens with zero attached hydrogens (tertiary/aromatic N) is 1. The van der Waals surface area contributed by atoms with Crippen LogP contribution >= 0.6 is 0 Å². The monoisotopic (exact) mass is 366 g/mol. The van der Waals surface area contributed by atoms with Crippen LogP contribution in [-0.4, -0.2) is 41.9 Å². The van der Waals surface area contributed by atoms with Crippen molar-refractivity contribution >= 4 is 23.5 Å². The molecule has 0 aromatic heterocycles. The smallest absolute Gasteiger partial charge is 0.308 e. The van der Waals surface area contributed by atoms with Crippen LogP contribution in [-0.2, 0) is 19.1 Å². The predicted molar refractivity (Wildman–Crippen MR) is 91.9 cm³/mol.